The van der Waals surface area contributed by atoms with Crippen molar-refractivity contribution in [1.29, 1.82) is 0 Å². The standard InChI is InChI=1S/C11H12BrNO5/c1-7(14)10-4-8(13(16)17)2-3-11(10)18-6-9(15)5-12/h2-4,9,15H,5-6H2,1H3/t9-/m0/s1. The van der Waals surface area contributed by atoms with Gasteiger partial charge in [-0.1, -0.05) is 15.9 Å². The second kappa shape index (κ2) is 6.46. The van der Waals surface area contributed by atoms with Gasteiger partial charge in [-0.05, 0) is 13.0 Å². The molecule has 1 aromatic rings. The summed E-state index contributed by atoms with van der Waals surface area (Å²) in [6, 6.07) is 3.77. The minimum Gasteiger partial charge on any atom is -0.490 e. The molecule has 1 N–H and O–H groups in total. The fraction of sp³-hybridized carbons (Fsp3) is 0.364. The summed E-state index contributed by atoms with van der Waals surface area (Å²) in [4.78, 5) is 21.4. The van der Waals surface area contributed by atoms with Gasteiger partial charge in [-0.3, -0.25) is 14.9 Å². The molecule has 0 unspecified atom stereocenters. The highest BCUT2D eigenvalue weighted by molar-refractivity contribution is 9.09. The molecule has 98 valence electrons. The highest BCUT2D eigenvalue weighted by Gasteiger charge is 2.15. The number of ketones is 1. The van der Waals surface area contributed by atoms with Gasteiger partial charge < -0.3 is 9.84 Å². The quantitative estimate of drug-likeness (QED) is 0.375. The van der Waals surface area contributed by atoms with Gasteiger partial charge in [0.15, 0.2) is 5.78 Å². The molecular weight excluding hydrogens is 306 g/mol. The first-order chi connectivity index (χ1) is 8.45. The van der Waals surface area contributed by atoms with Gasteiger partial charge in [0.2, 0.25) is 0 Å². The van der Waals surface area contributed by atoms with E-state index in [0.717, 1.165) is 6.07 Å². The number of non-ortho nitro benzene ring substituents is 1. The number of nitrogens with zero attached hydrogens (tertiary/aromatic N) is 1. The van der Waals surface area contributed by atoms with E-state index in [-0.39, 0.29) is 29.4 Å². The average molecular weight is 318 g/mol. The van der Waals surface area contributed by atoms with Crippen molar-refractivity contribution >= 4 is 27.4 Å². The van der Waals surface area contributed by atoms with Crippen molar-refractivity contribution in [2.45, 2.75) is 13.0 Å². The summed E-state index contributed by atoms with van der Waals surface area (Å²) in [5, 5.41) is 20.3. The summed E-state index contributed by atoms with van der Waals surface area (Å²) in [7, 11) is 0. The topological polar surface area (TPSA) is 89.7 Å². The Labute approximate surface area is 112 Å². The molecule has 0 bridgehead atoms. The molecular formula is C11H12BrNO5. The molecule has 0 heterocycles. The molecule has 0 fully saturated rings. The lowest BCUT2D eigenvalue weighted by Gasteiger charge is -2.12. The molecule has 0 amide bonds. The molecule has 0 radical (unpaired) electrons. The number of Topliss-reactive ketones (excluding diaryl/α,β-unsaturated/α-hetero) is 1. The number of benzene rings is 1. The fourth-order valence-electron chi connectivity index (χ4n) is 1.26. The van der Waals surface area contributed by atoms with Crippen LogP contribution in [0.2, 0.25) is 0 Å². The number of halogens is 1. The molecule has 0 aliphatic rings. The van der Waals surface area contributed by atoms with Gasteiger partial charge in [0.1, 0.15) is 12.4 Å². The Kier molecular flexibility index (Phi) is 5.24. The number of hydrogen-bond acceptors (Lipinski definition) is 5. The molecule has 1 atom stereocenters. The number of carbonyl (C=O) groups is 1. The first-order valence-electron chi connectivity index (χ1n) is 5.12. The van der Waals surface area contributed by atoms with E-state index in [0.29, 0.717) is 5.33 Å². The number of aliphatic hydroxyl groups excluding tert-OH is 1. The molecule has 1 aromatic carbocycles. The second-order valence-corrected chi connectivity index (χ2v) is 4.26. The monoisotopic (exact) mass is 317 g/mol. The Morgan fingerprint density at radius 2 is 2.28 bits per heavy atom. The van der Waals surface area contributed by atoms with Crippen LogP contribution >= 0.6 is 15.9 Å². The van der Waals surface area contributed by atoms with Crippen LogP contribution in [0.5, 0.6) is 5.75 Å². The summed E-state index contributed by atoms with van der Waals surface area (Å²) >= 11 is 3.08. The molecule has 0 saturated heterocycles. The van der Waals surface area contributed by atoms with Crippen molar-refractivity contribution in [3.63, 3.8) is 0 Å². The number of ether oxygens (including phenoxy) is 1. The number of rotatable bonds is 6. The third-order valence-corrected chi connectivity index (χ3v) is 2.91. The first-order valence-corrected chi connectivity index (χ1v) is 6.24. The molecule has 0 aliphatic heterocycles. The SMILES string of the molecule is CC(=O)c1cc([N+](=O)[O-])ccc1OC[C@@H](O)CBr. The van der Waals surface area contributed by atoms with Crippen LogP contribution in [0, 0.1) is 10.1 Å². The summed E-state index contributed by atoms with van der Waals surface area (Å²) in [6.45, 7) is 1.30. The maximum Gasteiger partial charge on any atom is 0.270 e. The number of hydrogen-bond donors (Lipinski definition) is 1. The summed E-state index contributed by atoms with van der Waals surface area (Å²) in [6.07, 6.45) is -0.708. The number of carbonyl (C=O) groups excluding carboxylic acids is 1. The minimum absolute atomic E-state index is 0.00331. The van der Waals surface area contributed by atoms with Gasteiger partial charge in [-0.15, -0.1) is 0 Å². The van der Waals surface area contributed by atoms with Gasteiger partial charge in [0.05, 0.1) is 16.6 Å². The van der Waals surface area contributed by atoms with E-state index in [9.17, 15) is 20.0 Å². The Morgan fingerprint density at radius 1 is 1.61 bits per heavy atom. The molecule has 1 rings (SSSR count). The largest absolute Gasteiger partial charge is 0.490 e. The van der Waals surface area contributed by atoms with Gasteiger partial charge in [0, 0.05) is 17.5 Å². The molecule has 6 nitrogen and oxygen atoms in total. The van der Waals surface area contributed by atoms with Gasteiger partial charge in [0.25, 0.3) is 5.69 Å². The van der Waals surface area contributed by atoms with E-state index >= 15 is 0 Å². The number of aliphatic hydroxyl groups is 1. The fourth-order valence-corrected chi connectivity index (χ4v) is 1.45. The highest BCUT2D eigenvalue weighted by Crippen LogP contribution is 2.24. The first kappa shape index (κ1) is 14.6. The van der Waals surface area contributed by atoms with E-state index in [1.165, 1.54) is 19.1 Å². The van der Waals surface area contributed by atoms with E-state index in [1.807, 2.05) is 0 Å². The van der Waals surface area contributed by atoms with Crippen molar-refractivity contribution in [3.05, 3.63) is 33.9 Å². The molecule has 7 heteroatoms. The Bertz CT molecular complexity index is 463. The van der Waals surface area contributed by atoms with Gasteiger partial charge >= 0.3 is 0 Å². The highest BCUT2D eigenvalue weighted by atomic mass is 79.9. The lowest BCUT2D eigenvalue weighted by Crippen LogP contribution is -2.19. The van der Waals surface area contributed by atoms with E-state index in [1.54, 1.807) is 0 Å². The van der Waals surface area contributed by atoms with Crippen LogP contribution in [0.3, 0.4) is 0 Å². The molecule has 18 heavy (non-hydrogen) atoms. The summed E-state index contributed by atoms with van der Waals surface area (Å²) in [5.74, 6) is -0.102. The minimum atomic E-state index is -0.708. The third kappa shape index (κ3) is 3.78. The van der Waals surface area contributed by atoms with Crippen LogP contribution in [0.1, 0.15) is 17.3 Å². The normalized spacial score (nSPS) is 11.9. The summed E-state index contributed by atoms with van der Waals surface area (Å²) < 4.78 is 5.26. The average Bonchev–Trinajstić information content (AvgIpc) is 2.35. The third-order valence-electron chi connectivity index (χ3n) is 2.16. The molecule has 0 aromatic heterocycles. The van der Waals surface area contributed by atoms with Crippen LogP contribution in [-0.2, 0) is 0 Å². The number of nitro benzene ring substituents is 1. The predicted octanol–water partition coefficient (Wildman–Crippen LogP) is 1.93. The van der Waals surface area contributed by atoms with Crippen molar-refractivity contribution in [3.8, 4) is 5.75 Å². The van der Waals surface area contributed by atoms with Crippen LogP contribution in [0.4, 0.5) is 5.69 Å². The van der Waals surface area contributed by atoms with Crippen molar-refractivity contribution in [2.24, 2.45) is 0 Å². The van der Waals surface area contributed by atoms with Crippen LogP contribution in [0.15, 0.2) is 18.2 Å². The lowest BCUT2D eigenvalue weighted by atomic mass is 10.1. The maximum absolute atomic E-state index is 11.4. The summed E-state index contributed by atoms with van der Waals surface area (Å²) in [5.41, 5.74) is -0.0421. The zero-order valence-corrected chi connectivity index (χ0v) is 11.2. The zero-order chi connectivity index (χ0) is 13.7. The number of nitro groups is 1. The second-order valence-electron chi connectivity index (χ2n) is 3.61. The van der Waals surface area contributed by atoms with Gasteiger partial charge in [-0.2, -0.15) is 0 Å². The zero-order valence-electron chi connectivity index (χ0n) is 9.63. The predicted molar refractivity (Wildman–Crippen MR) is 68.4 cm³/mol. The maximum atomic E-state index is 11.4. The Balaban J connectivity index is 2.97. The molecule has 0 aliphatic carbocycles. The van der Waals surface area contributed by atoms with Crippen LogP contribution < -0.4 is 4.74 Å². The van der Waals surface area contributed by atoms with E-state index in [2.05, 4.69) is 15.9 Å². The van der Waals surface area contributed by atoms with E-state index < -0.39 is 11.0 Å². The van der Waals surface area contributed by atoms with Crippen molar-refractivity contribution in [2.75, 3.05) is 11.9 Å². The lowest BCUT2D eigenvalue weighted by molar-refractivity contribution is -0.384. The van der Waals surface area contributed by atoms with Crippen LogP contribution in [0.25, 0.3) is 0 Å². The molecule has 0 spiro atoms. The number of alkyl halides is 1. The Morgan fingerprint density at radius 3 is 2.78 bits per heavy atom. The molecule has 0 saturated carbocycles. The van der Waals surface area contributed by atoms with Crippen LogP contribution in [-0.4, -0.2) is 33.9 Å². The van der Waals surface area contributed by atoms with Crippen molar-refractivity contribution in [1.82, 2.24) is 0 Å². The van der Waals surface area contributed by atoms with Crippen molar-refractivity contribution < 1.29 is 19.6 Å². The Hall–Kier alpha value is -1.47. The smallest absolute Gasteiger partial charge is 0.270 e. The van der Waals surface area contributed by atoms with Gasteiger partial charge in [-0.25, -0.2) is 0 Å². The van der Waals surface area contributed by atoms with E-state index in [4.69, 9.17) is 4.74 Å².